The van der Waals surface area contributed by atoms with E-state index in [-0.39, 0.29) is 6.61 Å². The maximum Gasteiger partial charge on any atom is 0.469 e. The zero-order valence-corrected chi connectivity index (χ0v) is 17.1. The molecule has 0 heterocycles. The van der Waals surface area contributed by atoms with Gasteiger partial charge in [-0.3, -0.25) is 4.52 Å². The number of phosphoric ester groups is 1. The highest BCUT2D eigenvalue weighted by Gasteiger charge is 2.20. The summed E-state index contributed by atoms with van der Waals surface area (Å²) in [6.45, 7) is 1.19. The van der Waals surface area contributed by atoms with Gasteiger partial charge in [-0.2, -0.15) is 0 Å². The molecule has 0 aliphatic heterocycles. The zero-order valence-electron chi connectivity index (χ0n) is 16.2. The highest BCUT2D eigenvalue weighted by molar-refractivity contribution is 7.46. The summed E-state index contributed by atoms with van der Waals surface area (Å²) in [5, 5.41) is 25.0. The summed E-state index contributed by atoms with van der Waals surface area (Å²) in [4.78, 5) is 16.9. The number of nitrogens with two attached hydrogens (primary N) is 1. The average Bonchev–Trinajstić information content (AvgIpc) is 2.61. The Labute approximate surface area is 158 Å². The summed E-state index contributed by atoms with van der Waals surface area (Å²) in [7, 11) is -4.25. The van der Waals surface area contributed by atoms with Crippen LogP contribution >= 0.6 is 7.82 Å². The first-order chi connectivity index (χ1) is 12.2. The Morgan fingerprint density at radius 3 is 1.38 bits per heavy atom. The first-order valence-corrected chi connectivity index (χ1v) is 11.1. The summed E-state index contributed by atoms with van der Waals surface area (Å²) in [6, 6.07) is 0. The van der Waals surface area contributed by atoms with Gasteiger partial charge in [-0.1, -0.05) is 71.1 Å². The van der Waals surface area contributed by atoms with Crippen molar-refractivity contribution < 1.29 is 34.2 Å². The monoisotopic (exact) mass is 401 g/mol. The smallest absolute Gasteiger partial charge is 0.394 e. The molecule has 0 aliphatic carbocycles. The normalized spacial score (nSPS) is 12.0. The Bertz CT molecular complexity index is 327. The number of unbranched alkanes of at least 4 members (excludes halogenated alkanes) is 10. The van der Waals surface area contributed by atoms with Crippen molar-refractivity contribution in [2.75, 3.05) is 26.4 Å². The molecule has 0 aliphatic rings. The molecule has 0 aromatic heterocycles. The third kappa shape index (κ3) is 22.0. The van der Waals surface area contributed by atoms with Crippen molar-refractivity contribution in [3.8, 4) is 0 Å². The zero-order chi connectivity index (χ0) is 20.3. The Morgan fingerprint density at radius 1 is 0.769 bits per heavy atom. The van der Waals surface area contributed by atoms with Crippen LogP contribution in [0.3, 0.4) is 0 Å². The van der Waals surface area contributed by atoms with Crippen LogP contribution in [-0.4, -0.2) is 57.1 Å². The van der Waals surface area contributed by atoms with Crippen LogP contribution in [0.25, 0.3) is 0 Å². The van der Waals surface area contributed by atoms with E-state index in [9.17, 15) is 4.57 Å². The summed E-state index contributed by atoms with van der Waals surface area (Å²) >= 11 is 0. The largest absolute Gasteiger partial charge is 0.469 e. The molecule has 0 atom stereocenters. The minimum Gasteiger partial charge on any atom is -0.394 e. The molecule has 0 fully saturated rings. The lowest BCUT2D eigenvalue weighted by molar-refractivity contribution is 0.0697. The van der Waals surface area contributed by atoms with E-state index in [4.69, 9.17) is 30.8 Å². The maximum atomic E-state index is 10.4. The van der Waals surface area contributed by atoms with Gasteiger partial charge >= 0.3 is 7.82 Å². The molecule has 0 unspecified atom stereocenters. The Morgan fingerprint density at radius 2 is 1.12 bits per heavy atom. The molecular formula is C17H40NO7P. The van der Waals surface area contributed by atoms with E-state index in [0.29, 0.717) is 0 Å². The molecule has 0 aromatic carbocycles. The average molecular weight is 401 g/mol. The van der Waals surface area contributed by atoms with Crippen LogP contribution in [0.1, 0.15) is 77.6 Å². The van der Waals surface area contributed by atoms with Crippen LogP contribution in [0.2, 0.25) is 0 Å². The molecule has 26 heavy (non-hydrogen) atoms. The lowest BCUT2D eigenvalue weighted by Gasteiger charge is -2.20. The molecule has 0 spiro atoms. The number of hydrogen-bond acceptors (Lipinski definition) is 6. The molecule has 7 N–H and O–H groups in total. The molecule has 0 aromatic rings. The topological polar surface area (TPSA) is 153 Å². The van der Waals surface area contributed by atoms with Gasteiger partial charge in [-0.15, -0.1) is 0 Å². The second-order valence-electron chi connectivity index (χ2n) is 6.70. The molecule has 8 nitrogen and oxygen atoms in total. The Balaban J connectivity index is 0. The number of phosphoric acid groups is 1. The predicted octanol–water partition coefficient (Wildman–Crippen LogP) is 2.07. The van der Waals surface area contributed by atoms with Gasteiger partial charge in [0, 0.05) is 0 Å². The van der Waals surface area contributed by atoms with E-state index in [0.717, 1.165) is 19.3 Å². The van der Waals surface area contributed by atoms with Crippen LogP contribution < -0.4 is 5.73 Å². The number of aliphatic hydroxyl groups is 3. The summed E-state index contributed by atoms with van der Waals surface area (Å²) in [5.74, 6) is 0. The van der Waals surface area contributed by atoms with E-state index in [1.807, 2.05) is 0 Å². The second kappa shape index (κ2) is 18.3. The van der Waals surface area contributed by atoms with Crippen molar-refractivity contribution in [1.29, 1.82) is 0 Å². The molecule has 0 bridgehead atoms. The van der Waals surface area contributed by atoms with E-state index in [1.54, 1.807) is 0 Å². The van der Waals surface area contributed by atoms with Gasteiger partial charge in [0.05, 0.1) is 32.0 Å². The van der Waals surface area contributed by atoms with Gasteiger partial charge < -0.3 is 30.8 Å². The van der Waals surface area contributed by atoms with Crippen molar-refractivity contribution in [3.63, 3.8) is 0 Å². The molecule has 0 rings (SSSR count). The summed E-state index contributed by atoms with van der Waals surface area (Å²) in [5.41, 5.74) is 3.94. The van der Waals surface area contributed by atoms with Crippen LogP contribution in [0.5, 0.6) is 0 Å². The third-order valence-electron chi connectivity index (χ3n) is 3.95. The van der Waals surface area contributed by atoms with Gasteiger partial charge in [0.1, 0.15) is 0 Å². The number of hydrogen-bond donors (Lipinski definition) is 6. The van der Waals surface area contributed by atoms with Crippen molar-refractivity contribution >= 4 is 7.82 Å². The SMILES string of the molecule is CCCCCCCCCCCCCOP(=O)(O)O.NC(CO)(CO)CO. The van der Waals surface area contributed by atoms with Crippen LogP contribution in [0.15, 0.2) is 0 Å². The minimum atomic E-state index is -4.25. The highest BCUT2D eigenvalue weighted by atomic mass is 31.2. The standard InChI is InChI=1S/C13H29O4P.C4H11NO3/c1-2-3-4-5-6-7-8-9-10-11-12-13-17-18(14,15)16;5-4(1-6,2-7)3-8/h2-13H2,1H3,(H2,14,15,16);6-8H,1-3,5H2. The van der Waals surface area contributed by atoms with Gasteiger partial charge in [0.25, 0.3) is 0 Å². The second-order valence-corrected chi connectivity index (χ2v) is 7.94. The number of rotatable bonds is 16. The minimum absolute atomic E-state index is 0.168. The van der Waals surface area contributed by atoms with E-state index >= 15 is 0 Å². The first-order valence-electron chi connectivity index (χ1n) is 9.56. The van der Waals surface area contributed by atoms with E-state index in [1.165, 1.54) is 51.4 Å². The summed E-state index contributed by atoms with van der Waals surface area (Å²) < 4.78 is 14.8. The fourth-order valence-electron chi connectivity index (χ4n) is 2.10. The van der Waals surface area contributed by atoms with Crippen LogP contribution in [-0.2, 0) is 9.09 Å². The lowest BCUT2D eigenvalue weighted by Crippen LogP contribution is -2.50. The first kappa shape index (κ1) is 28.2. The molecule has 0 saturated heterocycles. The van der Waals surface area contributed by atoms with Crippen molar-refractivity contribution in [3.05, 3.63) is 0 Å². The van der Waals surface area contributed by atoms with Gasteiger partial charge in [0.15, 0.2) is 0 Å². The van der Waals surface area contributed by atoms with Crippen molar-refractivity contribution in [2.45, 2.75) is 83.1 Å². The Hall–Kier alpha value is -0.0500. The van der Waals surface area contributed by atoms with Crippen molar-refractivity contribution in [2.24, 2.45) is 5.73 Å². The molecule has 0 radical (unpaired) electrons. The van der Waals surface area contributed by atoms with E-state index < -0.39 is 33.2 Å². The highest BCUT2D eigenvalue weighted by Crippen LogP contribution is 2.35. The third-order valence-corrected chi connectivity index (χ3v) is 4.47. The van der Waals surface area contributed by atoms with Crippen molar-refractivity contribution in [1.82, 2.24) is 0 Å². The molecule has 9 heteroatoms. The van der Waals surface area contributed by atoms with Gasteiger partial charge in [-0.25, -0.2) is 4.57 Å². The lowest BCUT2D eigenvalue weighted by atomic mass is 10.1. The number of aliphatic hydroxyl groups excluding tert-OH is 3. The van der Waals surface area contributed by atoms with Gasteiger partial charge in [-0.05, 0) is 6.42 Å². The quantitative estimate of drug-likeness (QED) is 0.170. The Kier molecular flexibility index (Phi) is 19.8. The van der Waals surface area contributed by atoms with Crippen LogP contribution in [0, 0.1) is 0 Å². The van der Waals surface area contributed by atoms with Crippen LogP contribution in [0.4, 0.5) is 0 Å². The molecule has 0 amide bonds. The predicted molar refractivity (Wildman–Crippen MR) is 103 cm³/mol. The molecule has 0 saturated carbocycles. The fraction of sp³-hybridized carbons (Fsp3) is 1.00. The molecule has 160 valence electrons. The molecular weight excluding hydrogens is 361 g/mol. The fourth-order valence-corrected chi connectivity index (χ4v) is 2.47. The summed E-state index contributed by atoms with van der Waals surface area (Å²) in [6.07, 6.45) is 13.5. The maximum absolute atomic E-state index is 10.4. The van der Waals surface area contributed by atoms with Gasteiger partial charge in [0.2, 0.25) is 0 Å². The van der Waals surface area contributed by atoms with E-state index in [2.05, 4.69) is 11.4 Å².